The van der Waals surface area contributed by atoms with Gasteiger partial charge in [0.25, 0.3) is 0 Å². The van der Waals surface area contributed by atoms with Crippen molar-refractivity contribution < 1.29 is 4.74 Å². The van der Waals surface area contributed by atoms with Crippen LogP contribution in [0.15, 0.2) is 18.2 Å². The molecule has 1 heterocycles. The van der Waals surface area contributed by atoms with Crippen LogP contribution in [-0.2, 0) is 0 Å². The van der Waals surface area contributed by atoms with Crippen LogP contribution in [0.4, 0.5) is 0 Å². The van der Waals surface area contributed by atoms with E-state index in [4.69, 9.17) is 16.3 Å². The largest absolute Gasteiger partial charge is 0.490 e. The predicted octanol–water partition coefficient (Wildman–Crippen LogP) is 3.35. The zero-order chi connectivity index (χ0) is 11.7. The molecule has 1 N–H and O–H groups in total. The molecule has 0 amide bonds. The van der Waals surface area contributed by atoms with Gasteiger partial charge in [0.05, 0.1) is 0 Å². The first kappa shape index (κ1) is 11.4. The van der Waals surface area contributed by atoms with Crippen LogP contribution in [0.2, 0.25) is 5.02 Å². The van der Waals surface area contributed by atoms with Crippen LogP contribution in [0.5, 0.6) is 5.75 Å². The topological polar surface area (TPSA) is 21.3 Å². The molecule has 3 heteroatoms. The Balaban J connectivity index is 1.71. The van der Waals surface area contributed by atoms with E-state index in [9.17, 15) is 0 Å². The molecule has 1 saturated carbocycles. The molecule has 0 spiro atoms. The normalized spacial score (nSPS) is 21.5. The molecule has 1 aromatic carbocycles. The second-order valence-electron chi connectivity index (χ2n) is 5.02. The molecule has 1 aliphatic heterocycles. The number of rotatable bonds is 3. The van der Waals surface area contributed by atoms with Crippen molar-refractivity contribution in [2.24, 2.45) is 0 Å². The van der Waals surface area contributed by atoms with Gasteiger partial charge >= 0.3 is 0 Å². The average molecular weight is 252 g/mol. The van der Waals surface area contributed by atoms with Gasteiger partial charge in [-0.2, -0.15) is 0 Å². The maximum Gasteiger partial charge on any atom is 0.120 e. The fraction of sp³-hybridized carbons (Fsp3) is 0.571. The SMILES string of the molecule is Clc1ccc(OC2CCNCC2)cc1C1CC1. The molecule has 2 aliphatic rings. The third-order valence-corrected chi connectivity index (χ3v) is 3.92. The fourth-order valence-corrected chi connectivity index (χ4v) is 2.68. The van der Waals surface area contributed by atoms with Crippen LogP contribution in [0.3, 0.4) is 0 Å². The van der Waals surface area contributed by atoms with E-state index in [1.165, 1.54) is 18.4 Å². The van der Waals surface area contributed by atoms with Crippen molar-refractivity contribution >= 4 is 11.6 Å². The van der Waals surface area contributed by atoms with E-state index >= 15 is 0 Å². The molecule has 1 aliphatic carbocycles. The molecule has 0 radical (unpaired) electrons. The van der Waals surface area contributed by atoms with Crippen molar-refractivity contribution in [1.29, 1.82) is 0 Å². The Labute approximate surface area is 107 Å². The van der Waals surface area contributed by atoms with Gasteiger partial charge in [0.1, 0.15) is 11.9 Å². The lowest BCUT2D eigenvalue weighted by atomic mass is 10.1. The summed E-state index contributed by atoms with van der Waals surface area (Å²) in [6.07, 6.45) is 5.11. The summed E-state index contributed by atoms with van der Waals surface area (Å²) in [7, 11) is 0. The molecule has 1 saturated heterocycles. The lowest BCUT2D eigenvalue weighted by Crippen LogP contribution is -2.34. The monoisotopic (exact) mass is 251 g/mol. The molecule has 92 valence electrons. The van der Waals surface area contributed by atoms with Crippen LogP contribution in [0, 0.1) is 0 Å². The summed E-state index contributed by atoms with van der Waals surface area (Å²) < 4.78 is 6.03. The number of piperidine rings is 1. The van der Waals surface area contributed by atoms with Gasteiger partial charge in [-0.3, -0.25) is 0 Å². The fourth-order valence-electron chi connectivity index (χ4n) is 2.41. The van der Waals surface area contributed by atoms with Crippen LogP contribution < -0.4 is 10.1 Å². The third kappa shape index (κ3) is 2.75. The molecule has 0 aromatic heterocycles. The van der Waals surface area contributed by atoms with Gasteiger partial charge in [-0.1, -0.05) is 11.6 Å². The summed E-state index contributed by atoms with van der Waals surface area (Å²) in [6.45, 7) is 2.13. The number of ether oxygens (including phenoxy) is 1. The quantitative estimate of drug-likeness (QED) is 0.890. The number of nitrogens with one attached hydrogen (secondary N) is 1. The smallest absolute Gasteiger partial charge is 0.120 e. The van der Waals surface area contributed by atoms with Crippen molar-refractivity contribution in [3.05, 3.63) is 28.8 Å². The minimum atomic E-state index is 0.365. The molecule has 17 heavy (non-hydrogen) atoms. The first-order valence-electron chi connectivity index (χ1n) is 6.50. The van der Waals surface area contributed by atoms with Gasteiger partial charge in [-0.25, -0.2) is 0 Å². The number of hydrogen-bond acceptors (Lipinski definition) is 2. The van der Waals surface area contributed by atoms with Gasteiger partial charge in [0.15, 0.2) is 0 Å². The Hall–Kier alpha value is -0.730. The molecule has 1 aromatic rings. The highest BCUT2D eigenvalue weighted by atomic mass is 35.5. The molecular weight excluding hydrogens is 234 g/mol. The molecular formula is C14H18ClNO. The maximum atomic E-state index is 6.21. The standard InChI is InChI=1S/C14H18ClNO/c15-14-4-3-12(9-13(14)10-1-2-10)17-11-5-7-16-8-6-11/h3-4,9-11,16H,1-2,5-8H2. The first-order chi connectivity index (χ1) is 8.33. The lowest BCUT2D eigenvalue weighted by Gasteiger charge is -2.24. The van der Waals surface area contributed by atoms with Gasteiger partial charge in [0, 0.05) is 5.02 Å². The van der Waals surface area contributed by atoms with Crippen molar-refractivity contribution in [1.82, 2.24) is 5.32 Å². The average Bonchev–Trinajstić information content (AvgIpc) is 3.17. The van der Waals surface area contributed by atoms with E-state index < -0.39 is 0 Å². The Kier molecular flexibility index (Phi) is 3.26. The highest BCUT2D eigenvalue weighted by Crippen LogP contribution is 2.44. The van der Waals surface area contributed by atoms with Gasteiger partial charge < -0.3 is 10.1 Å². The van der Waals surface area contributed by atoms with Gasteiger partial charge in [-0.15, -0.1) is 0 Å². The Morgan fingerprint density at radius 2 is 1.88 bits per heavy atom. The van der Waals surface area contributed by atoms with E-state index in [0.29, 0.717) is 12.0 Å². The zero-order valence-corrected chi connectivity index (χ0v) is 10.7. The van der Waals surface area contributed by atoms with Gasteiger partial charge in [0.2, 0.25) is 0 Å². The van der Waals surface area contributed by atoms with E-state index in [1.54, 1.807) is 0 Å². The van der Waals surface area contributed by atoms with Crippen LogP contribution in [0.25, 0.3) is 0 Å². The zero-order valence-electron chi connectivity index (χ0n) is 9.92. The van der Waals surface area contributed by atoms with E-state index in [0.717, 1.165) is 36.7 Å². The van der Waals surface area contributed by atoms with Crippen LogP contribution in [-0.4, -0.2) is 19.2 Å². The minimum absolute atomic E-state index is 0.365. The Bertz CT molecular complexity index is 397. The maximum absolute atomic E-state index is 6.21. The number of halogens is 1. The first-order valence-corrected chi connectivity index (χ1v) is 6.87. The molecule has 0 atom stereocenters. The lowest BCUT2D eigenvalue weighted by molar-refractivity contribution is 0.162. The molecule has 2 fully saturated rings. The third-order valence-electron chi connectivity index (χ3n) is 3.57. The van der Waals surface area contributed by atoms with Crippen LogP contribution in [0.1, 0.15) is 37.2 Å². The molecule has 0 unspecified atom stereocenters. The van der Waals surface area contributed by atoms with Crippen molar-refractivity contribution in [2.45, 2.75) is 37.7 Å². The molecule has 3 rings (SSSR count). The van der Waals surface area contributed by atoms with E-state index in [1.807, 2.05) is 12.1 Å². The van der Waals surface area contributed by atoms with Crippen molar-refractivity contribution in [3.63, 3.8) is 0 Å². The highest BCUT2D eigenvalue weighted by molar-refractivity contribution is 6.31. The Morgan fingerprint density at radius 1 is 1.12 bits per heavy atom. The second-order valence-corrected chi connectivity index (χ2v) is 5.43. The highest BCUT2D eigenvalue weighted by Gasteiger charge is 2.26. The molecule has 0 bridgehead atoms. The Morgan fingerprint density at radius 3 is 2.59 bits per heavy atom. The van der Waals surface area contributed by atoms with Gasteiger partial charge in [-0.05, 0) is 68.5 Å². The summed E-state index contributed by atoms with van der Waals surface area (Å²) in [5.41, 5.74) is 1.28. The van der Waals surface area contributed by atoms with Crippen molar-refractivity contribution in [2.75, 3.05) is 13.1 Å². The minimum Gasteiger partial charge on any atom is -0.490 e. The van der Waals surface area contributed by atoms with Crippen molar-refractivity contribution in [3.8, 4) is 5.75 Å². The number of hydrogen-bond donors (Lipinski definition) is 1. The van der Waals surface area contributed by atoms with E-state index in [-0.39, 0.29) is 0 Å². The summed E-state index contributed by atoms with van der Waals surface area (Å²) in [4.78, 5) is 0. The summed E-state index contributed by atoms with van der Waals surface area (Å²) >= 11 is 6.21. The number of benzene rings is 1. The van der Waals surface area contributed by atoms with E-state index in [2.05, 4.69) is 11.4 Å². The molecule has 2 nitrogen and oxygen atoms in total. The second kappa shape index (κ2) is 4.87. The van der Waals surface area contributed by atoms with Crippen LogP contribution >= 0.6 is 11.6 Å². The summed E-state index contributed by atoms with van der Waals surface area (Å²) in [5, 5.41) is 4.24. The summed E-state index contributed by atoms with van der Waals surface area (Å²) in [6, 6.07) is 6.11. The summed E-state index contributed by atoms with van der Waals surface area (Å²) in [5.74, 6) is 1.67. The predicted molar refractivity (Wildman–Crippen MR) is 69.9 cm³/mol.